The van der Waals surface area contributed by atoms with Crippen LogP contribution in [0, 0.1) is 12.8 Å². The molecule has 2 atom stereocenters. The number of aryl methyl sites for hydroxylation is 1. The van der Waals surface area contributed by atoms with E-state index in [2.05, 4.69) is 21.6 Å². The molecule has 3 heterocycles. The SMILES string of the molecule is CCl.COC(=O)c1c(C)[nH]c2c(OC(=O)N(C)CCN(C)C=O)cc3c(c12)CCN3C(=O)c1cc2cc(OC)c(OC)c(OC)c2[nH]1.COC1/C=C/CCC(C(=O)O)CC1. The Bertz CT molecular complexity index is 2220. The van der Waals surface area contributed by atoms with E-state index >= 15 is 0 Å². The number of alkyl halides is 1. The van der Waals surface area contributed by atoms with E-state index in [0.717, 1.165) is 31.2 Å². The number of halogens is 1. The summed E-state index contributed by atoms with van der Waals surface area (Å²) in [6.45, 7) is 2.56. The summed E-state index contributed by atoms with van der Waals surface area (Å²) < 4.78 is 32.6. The van der Waals surface area contributed by atoms with Crippen LogP contribution >= 0.6 is 11.6 Å². The van der Waals surface area contributed by atoms with Gasteiger partial charge in [0, 0.05) is 69.8 Å². The van der Waals surface area contributed by atoms with Crippen LogP contribution < -0.4 is 23.8 Å². The average Bonchev–Trinajstić information content (AvgIpc) is 3.97. The number of hydrogen-bond donors (Lipinski definition) is 3. The number of esters is 1. The number of nitrogens with one attached hydrogen (secondary N) is 2. The molecule has 60 heavy (non-hydrogen) atoms. The van der Waals surface area contributed by atoms with Gasteiger partial charge < -0.3 is 58.2 Å². The highest BCUT2D eigenvalue weighted by Gasteiger charge is 2.34. The fraction of sp³-hybridized carbons (Fsp3) is 0.452. The predicted octanol–water partition coefficient (Wildman–Crippen LogP) is 6.18. The predicted molar refractivity (Wildman–Crippen MR) is 226 cm³/mol. The van der Waals surface area contributed by atoms with Crippen molar-refractivity contribution in [1.82, 2.24) is 19.8 Å². The van der Waals surface area contributed by atoms with Crippen molar-refractivity contribution in [3.05, 3.63) is 52.9 Å². The maximum absolute atomic E-state index is 14.1. The molecule has 0 radical (unpaired) electrons. The number of methoxy groups -OCH3 is 5. The number of H-pyrrole nitrogens is 2. The molecule has 2 aromatic carbocycles. The van der Waals surface area contributed by atoms with Crippen LogP contribution in [0.5, 0.6) is 23.0 Å². The van der Waals surface area contributed by atoms with Crippen molar-refractivity contribution < 1.29 is 57.5 Å². The van der Waals surface area contributed by atoms with Gasteiger partial charge in [-0.1, -0.05) is 12.2 Å². The van der Waals surface area contributed by atoms with E-state index in [4.69, 9.17) is 33.5 Å². The molecule has 17 nitrogen and oxygen atoms in total. The third-order valence-electron chi connectivity index (χ3n) is 10.4. The smallest absolute Gasteiger partial charge is 0.415 e. The lowest BCUT2D eigenvalue weighted by Crippen LogP contribution is -2.36. The highest BCUT2D eigenvalue weighted by Crippen LogP contribution is 2.45. The standard InChI is InChI=1S/C31H35N5O9.C10H16O3.CH3Cl/c1-16-23(30(39)44-7)24-18-8-9-36(20(18)14-21(26(24)32-16)45-31(40)35(3)11-10-34(2)15-37)29(38)19-12-17-13-22(41-4)27(42-5)28(43-6)25(17)33-19;1-13-9-5-3-2-4-8(6-7-9)10(11)12;1-2/h12-15,32-33H,8-11H2,1-7H3;3,5,8-9H,2,4,6-7H2,1H3,(H,11,12);1H3/b;5-3+;. The first-order valence-corrected chi connectivity index (χ1v) is 19.9. The van der Waals surface area contributed by atoms with Crippen LogP contribution in [0.25, 0.3) is 21.8 Å². The number of carbonyl (C=O) groups is 5. The molecule has 2 unspecified atom stereocenters. The number of aromatic nitrogens is 2. The fourth-order valence-corrected chi connectivity index (χ4v) is 7.23. The number of likely N-dealkylation sites (N-methyl/N-ethyl adjacent to an activating group) is 2. The summed E-state index contributed by atoms with van der Waals surface area (Å²) in [6.07, 6.45) is 9.17. The second-order valence-corrected chi connectivity index (χ2v) is 14.0. The minimum Gasteiger partial charge on any atom is -0.493 e. The molecule has 0 bridgehead atoms. The zero-order chi connectivity index (χ0) is 44.3. The Balaban J connectivity index is 0.000000449. The molecule has 2 aliphatic rings. The third-order valence-corrected chi connectivity index (χ3v) is 10.4. The molecule has 3 amide bonds. The van der Waals surface area contributed by atoms with Crippen molar-refractivity contribution >= 4 is 69.4 Å². The van der Waals surface area contributed by atoms with Crippen molar-refractivity contribution in [2.75, 3.05) is 80.6 Å². The van der Waals surface area contributed by atoms with Crippen molar-refractivity contribution in [2.24, 2.45) is 5.92 Å². The van der Waals surface area contributed by atoms with Crippen molar-refractivity contribution in [1.29, 1.82) is 0 Å². The molecule has 1 aliphatic carbocycles. The van der Waals surface area contributed by atoms with Gasteiger partial charge in [-0.3, -0.25) is 14.4 Å². The zero-order valence-electron chi connectivity index (χ0n) is 35.4. The number of rotatable bonds is 12. The van der Waals surface area contributed by atoms with Gasteiger partial charge in [0.05, 0.1) is 62.7 Å². The number of carboxylic acids is 1. The normalized spacial score (nSPS) is 16.1. The number of carboxylic acid groups (broad SMARTS) is 1. The van der Waals surface area contributed by atoms with Crippen molar-refractivity contribution in [3.63, 3.8) is 0 Å². The van der Waals surface area contributed by atoms with Crippen LogP contribution in [0.1, 0.15) is 57.8 Å². The van der Waals surface area contributed by atoms with E-state index in [-0.39, 0.29) is 35.9 Å². The molecule has 6 rings (SSSR count). The summed E-state index contributed by atoms with van der Waals surface area (Å²) in [5.41, 5.74) is 3.32. The van der Waals surface area contributed by atoms with E-state index in [0.29, 0.717) is 81.9 Å². The maximum Gasteiger partial charge on any atom is 0.415 e. The lowest BCUT2D eigenvalue weighted by atomic mass is 9.93. The van der Waals surface area contributed by atoms with Gasteiger partial charge in [0.1, 0.15) is 5.69 Å². The number of fused-ring (bicyclic) bond motifs is 4. The number of carbonyl (C=O) groups excluding carboxylic acids is 4. The molecule has 3 N–H and O–H groups in total. The van der Waals surface area contributed by atoms with E-state index in [1.165, 1.54) is 44.6 Å². The number of allylic oxidation sites excluding steroid dienone is 1. The monoisotopic (exact) mass is 855 g/mol. The van der Waals surface area contributed by atoms with E-state index < -0.39 is 18.0 Å². The zero-order valence-corrected chi connectivity index (χ0v) is 36.2. The fourth-order valence-electron chi connectivity index (χ4n) is 7.23. The number of ether oxygens (including phenoxy) is 6. The highest BCUT2D eigenvalue weighted by molar-refractivity contribution is 6.15. The van der Waals surface area contributed by atoms with Crippen LogP contribution in [-0.2, 0) is 25.5 Å². The van der Waals surface area contributed by atoms with Crippen LogP contribution in [0.2, 0.25) is 0 Å². The van der Waals surface area contributed by atoms with Gasteiger partial charge in [0.25, 0.3) is 5.91 Å². The Hall–Kier alpha value is -5.94. The van der Waals surface area contributed by atoms with Crippen LogP contribution in [0.3, 0.4) is 0 Å². The van der Waals surface area contributed by atoms with E-state index in [1.807, 2.05) is 12.2 Å². The molecular formula is C42H54ClN5O12. The van der Waals surface area contributed by atoms with Crippen LogP contribution in [0.4, 0.5) is 10.5 Å². The number of anilines is 1. The van der Waals surface area contributed by atoms with Gasteiger partial charge in [0.2, 0.25) is 12.2 Å². The van der Waals surface area contributed by atoms with Gasteiger partial charge in [-0.25, -0.2) is 9.59 Å². The van der Waals surface area contributed by atoms with Gasteiger partial charge in [-0.05, 0) is 56.7 Å². The molecular weight excluding hydrogens is 802 g/mol. The summed E-state index contributed by atoms with van der Waals surface area (Å²) in [7, 11) is 10.6. The van der Waals surface area contributed by atoms with E-state index in [9.17, 15) is 24.0 Å². The molecule has 18 heteroatoms. The first-order valence-electron chi connectivity index (χ1n) is 19.1. The lowest BCUT2D eigenvalue weighted by molar-refractivity contribution is -0.142. The molecule has 4 aromatic rings. The number of benzene rings is 2. The third kappa shape index (κ3) is 10.1. The number of amides is 3. The molecule has 1 aliphatic heterocycles. The largest absolute Gasteiger partial charge is 0.493 e. The number of hydrogen-bond acceptors (Lipinski definition) is 11. The number of aromatic amines is 2. The number of aliphatic carboxylic acids is 1. The van der Waals surface area contributed by atoms with Gasteiger partial charge in [0.15, 0.2) is 17.2 Å². The Kier molecular flexibility index (Phi) is 16.6. The average molecular weight is 856 g/mol. The molecule has 2 aromatic heterocycles. The molecule has 0 saturated carbocycles. The van der Waals surface area contributed by atoms with Crippen LogP contribution in [0.15, 0.2) is 30.4 Å². The number of nitrogens with zero attached hydrogens (tertiary/aromatic N) is 3. The maximum atomic E-state index is 14.1. The first-order chi connectivity index (χ1) is 28.8. The Labute approximate surface area is 353 Å². The Morgan fingerprint density at radius 1 is 0.917 bits per heavy atom. The minimum atomic E-state index is -0.677. The second kappa shape index (κ2) is 21.4. The Morgan fingerprint density at radius 2 is 1.63 bits per heavy atom. The molecule has 326 valence electrons. The quantitative estimate of drug-likeness (QED) is 0.0633. The molecule has 0 saturated heterocycles. The van der Waals surface area contributed by atoms with Crippen LogP contribution in [-0.4, -0.2) is 137 Å². The summed E-state index contributed by atoms with van der Waals surface area (Å²) in [5, 5.41) is 10.0. The van der Waals surface area contributed by atoms with Gasteiger partial charge >= 0.3 is 18.0 Å². The minimum absolute atomic E-state index is 0.0992. The summed E-state index contributed by atoms with van der Waals surface area (Å²) in [6, 6.07) is 5.07. The summed E-state index contributed by atoms with van der Waals surface area (Å²) >= 11 is 4.64. The first kappa shape index (κ1) is 46.7. The second-order valence-electron chi connectivity index (χ2n) is 14.0. The topological polar surface area (TPSA) is 202 Å². The summed E-state index contributed by atoms with van der Waals surface area (Å²) in [5.74, 6) is -0.424. The van der Waals surface area contributed by atoms with Crippen molar-refractivity contribution in [3.8, 4) is 23.0 Å². The molecule has 0 spiro atoms. The van der Waals surface area contributed by atoms with Gasteiger partial charge in [-0.15, -0.1) is 11.6 Å². The molecule has 0 fully saturated rings. The Morgan fingerprint density at radius 3 is 2.25 bits per heavy atom. The summed E-state index contributed by atoms with van der Waals surface area (Å²) in [4.78, 5) is 72.5. The highest BCUT2D eigenvalue weighted by atomic mass is 35.5. The van der Waals surface area contributed by atoms with E-state index in [1.54, 1.807) is 51.2 Å². The van der Waals surface area contributed by atoms with Gasteiger partial charge in [-0.2, -0.15) is 0 Å². The van der Waals surface area contributed by atoms with Crippen molar-refractivity contribution in [2.45, 2.75) is 45.1 Å². The lowest BCUT2D eigenvalue weighted by Gasteiger charge is -2.21.